The molecule has 2 aliphatic heterocycles. The second-order valence-electron chi connectivity index (χ2n) is 8.35. The van der Waals surface area contributed by atoms with Crippen molar-refractivity contribution >= 4 is 5.91 Å². The number of carbonyl (C=O) groups is 1. The van der Waals surface area contributed by atoms with Crippen LogP contribution >= 0.6 is 0 Å². The molecule has 4 nitrogen and oxygen atoms in total. The molecule has 31 heavy (non-hydrogen) atoms. The summed E-state index contributed by atoms with van der Waals surface area (Å²) in [5.74, 6) is 0.395. The maximum Gasteiger partial charge on any atom is 1.00 e. The fourth-order valence-electron chi connectivity index (χ4n) is 5.07. The molecule has 1 amide bonds. The van der Waals surface area contributed by atoms with E-state index >= 15 is 0 Å². The van der Waals surface area contributed by atoms with Gasteiger partial charge in [-0.2, -0.15) is 0 Å². The number of halogens is 1. The molecular weight excluding hydrogens is 386 g/mol. The smallest absolute Gasteiger partial charge is 1.00 e. The van der Waals surface area contributed by atoms with Crippen molar-refractivity contribution in [2.75, 3.05) is 45.9 Å². The van der Waals surface area contributed by atoms with E-state index in [1.165, 1.54) is 0 Å². The average Bonchev–Trinajstić information content (AvgIpc) is 3.31. The van der Waals surface area contributed by atoms with E-state index in [-0.39, 0.29) is 35.4 Å². The summed E-state index contributed by atoms with van der Waals surface area (Å²) >= 11 is 0. The Balaban J connectivity index is 0.00000171. The molecule has 2 aliphatic rings. The van der Waals surface area contributed by atoms with Crippen molar-refractivity contribution in [1.29, 1.82) is 0 Å². The number of hydrogen-bond acceptors (Lipinski definition) is 3. The maximum atomic E-state index is 14.2. The van der Waals surface area contributed by atoms with Gasteiger partial charge in [-0.15, -0.1) is 0 Å². The number of hydrogen-bond donors (Lipinski definition) is 0. The SMILES string of the molecule is C[C@H](CN1CCOCC1)C(C(=O)N1CCCC1)(c1ccccc1)c1ccccc1.[F-].[Li+]. The Morgan fingerprint density at radius 3 is 1.87 bits per heavy atom. The zero-order chi connectivity index (χ0) is 20.1. The molecule has 0 saturated carbocycles. The van der Waals surface area contributed by atoms with Crippen LogP contribution in [0.2, 0.25) is 0 Å². The fraction of sp³-hybridized carbons (Fsp3) is 0.480. The van der Waals surface area contributed by atoms with Gasteiger partial charge in [-0.3, -0.25) is 9.69 Å². The predicted octanol–water partition coefficient (Wildman–Crippen LogP) is -2.43. The summed E-state index contributed by atoms with van der Waals surface area (Å²) in [6.45, 7) is 8.28. The summed E-state index contributed by atoms with van der Waals surface area (Å²) in [7, 11) is 0. The van der Waals surface area contributed by atoms with Crippen molar-refractivity contribution in [2.45, 2.75) is 25.2 Å². The Kier molecular flexibility index (Phi) is 9.78. The molecule has 2 saturated heterocycles. The van der Waals surface area contributed by atoms with Crippen molar-refractivity contribution in [2.24, 2.45) is 5.92 Å². The van der Waals surface area contributed by atoms with E-state index in [0.29, 0.717) is 0 Å². The van der Waals surface area contributed by atoms with Gasteiger partial charge in [0.15, 0.2) is 0 Å². The van der Waals surface area contributed by atoms with Crippen LogP contribution in [0.4, 0.5) is 0 Å². The molecule has 4 rings (SSSR count). The molecule has 1 atom stereocenters. The number of amides is 1. The third kappa shape index (κ3) is 5.23. The van der Waals surface area contributed by atoms with E-state index in [4.69, 9.17) is 4.74 Å². The zero-order valence-corrected chi connectivity index (χ0v) is 18.8. The van der Waals surface area contributed by atoms with Gasteiger partial charge in [-0.25, -0.2) is 0 Å². The molecule has 2 heterocycles. The summed E-state index contributed by atoms with van der Waals surface area (Å²) < 4.78 is 5.55. The first-order valence-electron chi connectivity index (χ1n) is 10.9. The van der Waals surface area contributed by atoms with E-state index < -0.39 is 5.41 Å². The summed E-state index contributed by atoms with van der Waals surface area (Å²) in [5, 5.41) is 0. The molecule has 0 aromatic heterocycles. The molecule has 0 radical (unpaired) electrons. The van der Waals surface area contributed by atoms with Crippen LogP contribution in [-0.4, -0.2) is 61.6 Å². The first-order valence-corrected chi connectivity index (χ1v) is 10.9. The number of ether oxygens (including phenoxy) is 1. The second-order valence-corrected chi connectivity index (χ2v) is 8.35. The van der Waals surface area contributed by atoms with Crippen molar-refractivity contribution in [3.05, 3.63) is 71.8 Å². The van der Waals surface area contributed by atoms with Gasteiger partial charge in [0.2, 0.25) is 5.91 Å². The molecule has 0 aliphatic carbocycles. The number of rotatable bonds is 6. The van der Waals surface area contributed by atoms with Gasteiger partial charge >= 0.3 is 18.9 Å². The Morgan fingerprint density at radius 2 is 1.39 bits per heavy atom. The van der Waals surface area contributed by atoms with Gasteiger partial charge < -0.3 is 14.3 Å². The summed E-state index contributed by atoms with van der Waals surface area (Å²) in [6, 6.07) is 20.9. The Morgan fingerprint density at radius 1 is 0.903 bits per heavy atom. The molecule has 0 unspecified atom stereocenters. The molecular formula is C25H32FLiN2O2. The zero-order valence-electron chi connectivity index (χ0n) is 18.8. The number of morpholine rings is 1. The summed E-state index contributed by atoms with van der Waals surface area (Å²) in [4.78, 5) is 18.8. The van der Waals surface area contributed by atoms with Gasteiger partial charge in [-0.05, 0) is 29.9 Å². The van der Waals surface area contributed by atoms with Crippen molar-refractivity contribution in [3.63, 3.8) is 0 Å². The van der Waals surface area contributed by atoms with Crippen LogP contribution in [0.15, 0.2) is 60.7 Å². The van der Waals surface area contributed by atoms with Crippen LogP contribution in [0.1, 0.15) is 30.9 Å². The van der Waals surface area contributed by atoms with Crippen LogP contribution in [0, 0.1) is 5.92 Å². The second kappa shape index (κ2) is 11.8. The minimum Gasteiger partial charge on any atom is -1.00 e. The monoisotopic (exact) mass is 418 g/mol. The minimum absolute atomic E-state index is 0. The van der Waals surface area contributed by atoms with E-state index in [2.05, 4.69) is 65.3 Å². The molecule has 162 valence electrons. The molecule has 0 bridgehead atoms. The number of carbonyl (C=O) groups excluding carboxylic acids is 1. The average molecular weight is 418 g/mol. The van der Waals surface area contributed by atoms with Crippen LogP contribution in [-0.2, 0) is 14.9 Å². The van der Waals surface area contributed by atoms with Crippen LogP contribution in [0.25, 0.3) is 0 Å². The minimum atomic E-state index is -0.675. The van der Waals surface area contributed by atoms with Crippen LogP contribution in [0.3, 0.4) is 0 Å². The standard InChI is InChI=1S/C25H32N2O2.FH.Li/c1-21(20-26-16-18-29-19-17-26)25(22-10-4-2-5-11-22,23-12-6-3-7-13-23)24(28)27-14-8-9-15-27;;/h2-7,10-13,21H,8-9,14-20H2,1H3;1H;/q;;+1/p-1/t21-;;/m1../s1. The normalized spacial score (nSPS) is 18.0. The van der Waals surface area contributed by atoms with E-state index in [0.717, 1.165) is 69.9 Å². The first kappa shape index (κ1) is 25.6. The molecule has 6 heteroatoms. The van der Waals surface area contributed by atoms with Gasteiger partial charge in [0, 0.05) is 32.7 Å². The summed E-state index contributed by atoms with van der Waals surface area (Å²) in [6.07, 6.45) is 2.20. The number of nitrogens with zero attached hydrogens (tertiary/aromatic N) is 2. The molecule has 2 fully saturated rings. The van der Waals surface area contributed by atoms with E-state index in [1.807, 2.05) is 12.1 Å². The van der Waals surface area contributed by atoms with Crippen molar-refractivity contribution in [3.8, 4) is 0 Å². The van der Waals surface area contributed by atoms with E-state index in [1.54, 1.807) is 0 Å². The van der Waals surface area contributed by atoms with Crippen LogP contribution in [0.5, 0.6) is 0 Å². The fourth-order valence-corrected chi connectivity index (χ4v) is 5.07. The third-order valence-electron chi connectivity index (χ3n) is 6.56. The Labute approximate surface area is 197 Å². The quantitative estimate of drug-likeness (QED) is 0.490. The van der Waals surface area contributed by atoms with Crippen molar-refractivity contribution < 1.29 is 33.1 Å². The Hall–Kier alpha value is -1.64. The van der Waals surface area contributed by atoms with Gasteiger partial charge in [0.1, 0.15) is 5.41 Å². The Bertz CT molecular complexity index is 754. The summed E-state index contributed by atoms with van der Waals surface area (Å²) in [5.41, 5.74) is 1.53. The molecule has 0 spiro atoms. The first-order chi connectivity index (χ1) is 14.2. The third-order valence-corrected chi connectivity index (χ3v) is 6.56. The van der Waals surface area contributed by atoms with Crippen molar-refractivity contribution in [1.82, 2.24) is 9.80 Å². The number of benzene rings is 2. The largest absolute Gasteiger partial charge is 1.00 e. The molecule has 2 aromatic carbocycles. The van der Waals surface area contributed by atoms with E-state index in [9.17, 15) is 4.79 Å². The molecule has 0 N–H and O–H groups in total. The maximum absolute atomic E-state index is 14.2. The van der Waals surface area contributed by atoms with Gasteiger partial charge in [0.25, 0.3) is 0 Å². The van der Waals surface area contributed by atoms with Gasteiger partial charge in [-0.1, -0.05) is 67.6 Å². The van der Waals surface area contributed by atoms with Gasteiger partial charge in [0.05, 0.1) is 13.2 Å². The predicted molar refractivity (Wildman–Crippen MR) is 116 cm³/mol. The molecule has 2 aromatic rings. The van der Waals surface area contributed by atoms with Crippen LogP contribution < -0.4 is 23.6 Å². The number of likely N-dealkylation sites (tertiary alicyclic amines) is 1. The topological polar surface area (TPSA) is 32.8 Å².